The first-order chi connectivity index (χ1) is 7.66. The normalized spacial score (nSPS) is 6.67. The summed E-state index contributed by atoms with van der Waals surface area (Å²) < 4.78 is 0. The summed E-state index contributed by atoms with van der Waals surface area (Å²) in [5.74, 6) is 0. The fraction of sp³-hybridized carbons (Fsp3) is 1.00. The molecular formula is C8H24O8Ti2. The van der Waals surface area contributed by atoms with Gasteiger partial charge in [0.15, 0.2) is 0 Å². The topological polar surface area (TPSA) is 162 Å². The van der Waals surface area contributed by atoms with Crippen LogP contribution < -0.4 is 0 Å². The predicted molar refractivity (Wildman–Crippen MR) is 56.7 cm³/mol. The van der Waals surface area contributed by atoms with Crippen LogP contribution in [-0.4, -0.2) is 93.7 Å². The standard InChI is InChI=1S/4C2H6O2.2Ti/c4*3-1-2-4;;/h4*3-4H,1-2H2;;. The van der Waals surface area contributed by atoms with Crippen LogP contribution in [0.4, 0.5) is 0 Å². The Balaban J connectivity index is -0.0000000257. The van der Waals surface area contributed by atoms with Crippen molar-refractivity contribution in [2.75, 3.05) is 52.9 Å². The van der Waals surface area contributed by atoms with E-state index < -0.39 is 0 Å². The van der Waals surface area contributed by atoms with Crippen LogP contribution in [0.15, 0.2) is 0 Å². The summed E-state index contributed by atoms with van der Waals surface area (Å²) in [6.45, 7) is -1.00. The molecule has 0 aromatic heterocycles. The van der Waals surface area contributed by atoms with E-state index in [1.807, 2.05) is 0 Å². The smallest absolute Gasteiger partial charge is 0.0662 e. The Hall–Kier alpha value is 1.11. The van der Waals surface area contributed by atoms with Crippen molar-refractivity contribution >= 4 is 0 Å². The van der Waals surface area contributed by atoms with Crippen molar-refractivity contribution in [3.63, 3.8) is 0 Å². The van der Waals surface area contributed by atoms with Crippen molar-refractivity contribution < 1.29 is 84.3 Å². The van der Waals surface area contributed by atoms with E-state index in [0.29, 0.717) is 0 Å². The van der Waals surface area contributed by atoms with Crippen LogP contribution >= 0.6 is 0 Å². The van der Waals surface area contributed by atoms with E-state index in [2.05, 4.69) is 0 Å². The second-order valence-corrected chi connectivity index (χ2v) is 1.79. The maximum atomic E-state index is 7.62. The van der Waals surface area contributed by atoms with Gasteiger partial charge in [0.05, 0.1) is 52.9 Å². The van der Waals surface area contributed by atoms with Crippen molar-refractivity contribution in [1.82, 2.24) is 0 Å². The zero-order chi connectivity index (χ0) is 13.7. The van der Waals surface area contributed by atoms with E-state index in [4.69, 9.17) is 40.9 Å². The van der Waals surface area contributed by atoms with Crippen LogP contribution in [0, 0.1) is 0 Å². The molecule has 0 atom stereocenters. The van der Waals surface area contributed by atoms with E-state index in [1.165, 1.54) is 0 Å². The Labute approximate surface area is 137 Å². The molecule has 0 saturated heterocycles. The van der Waals surface area contributed by atoms with Crippen LogP contribution in [0.1, 0.15) is 0 Å². The number of rotatable bonds is 4. The van der Waals surface area contributed by atoms with Gasteiger partial charge in [-0.15, -0.1) is 0 Å². The van der Waals surface area contributed by atoms with E-state index in [1.54, 1.807) is 0 Å². The number of hydrogen-bond donors (Lipinski definition) is 8. The van der Waals surface area contributed by atoms with Crippen LogP contribution in [0.3, 0.4) is 0 Å². The molecule has 0 unspecified atom stereocenters. The van der Waals surface area contributed by atoms with Gasteiger partial charge in [-0.3, -0.25) is 0 Å². The zero-order valence-electron chi connectivity index (χ0n) is 10.2. The number of aliphatic hydroxyl groups is 8. The van der Waals surface area contributed by atoms with Crippen LogP contribution in [-0.2, 0) is 43.4 Å². The molecule has 0 aromatic carbocycles. The largest absolute Gasteiger partial charge is 0.394 e. The average Bonchev–Trinajstić information content (AvgIpc) is 2.39. The molecule has 10 heteroatoms. The molecule has 0 aliphatic carbocycles. The molecule has 0 saturated carbocycles. The first-order valence-corrected chi connectivity index (χ1v) is 4.53. The van der Waals surface area contributed by atoms with E-state index >= 15 is 0 Å². The average molecular weight is 344 g/mol. The summed E-state index contributed by atoms with van der Waals surface area (Å²) in [6.07, 6.45) is 0. The summed E-state index contributed by atoms with van der Waals surface area (Å²) in [6, 6.07) is 0. The third-order valence-corrected chi connectivity index (χ3v) is 0.400. The van der Waals surface area contributed by atoms with Gasteiger partial charge < -0.3 is 40.9 Å². The first-order valence-electron chi connectivity index (χ1n) is 4.53. The minimum absolute atomic E-state index is 0. The molecule has 0 radical (unpaired) electrons. The van der Waals surface area contributed by atoms with Gasteiger partial charge in [0, 0.05) is 43.4 Å². The van der Waals surface area contributed by atoms with Crippen LogP contribution in [0.25, 0.3) is 0 Å². The Bertz CT molecular complexity index is 49.1. The molecule has 8 nitrogen and oxygen atoms in total. The van der Waals surface area contributed by atoms with Gasteiger partial charge in [-0.25, -0.2) is 0 Å². The van der Waals surface area contributed by atoms with Gasteiger partial charge in [0.25, 0.3) is 0 Å². The van der Waals surface area contributed by atoms with Gasteiger partial charge in [-0.05, 0) is 0 Å². The molecule has 0 rings (SSSR count). The van der Waals surface area contributed by atoms with E-state index in [0.717, 1.165) is 0 Å². The summed E-state index contributed by atoms with van der Waals surface area (Å²) in [5.41, 5.74) is 0. The second-order valence-electron chi connectivity index (χ2n) is 1.79. The van der Waals surface area contributed by atoms with Crippen molar-refractivity contribution in [2.45, 2.75) is 0 Å². The van der Waals surface area contributed by atoms with Crippen molar-refractivity contribution in [1.29, 1.82) is 0 Å². The molecule has 0 heterocycles. The minimum Gasteiger partial charge on any atom is -0.394 e. The Morgan fingerprint density at radius 1 is 0.278 bits per heavy atom. The number of aliphatic hydroxyl groups excluding tert-OH is 8. The third kappa shape index (κ3) is 170. The molecule has 0 aliphatic rings. The molecule has 18 heavy (non-hydrogen) atoms. The van der Waals surface area contributed by atoms with Gasteiger partial charge in [-0.1, -0.05) is 0 Å². The molecule has 0 aliphatic heterocycles. The maximum Gasteiger partial charge on any atom is 0.0662 e. The van der Waals surface area contributed by atoms with Crippen molar-refractivity contribution in [3.05, 3.63) is 0 Å². The summed E-state index contributed by atoms with van der Waals surface area (Å²) in [5, 5.41) is 61.0. The van der Waals surface area contributed by atoms with Crippen molar-refractivity contribution in [2.24, 2.45) is 0 Å². The Morgan fingerprint density at radius 3 is 0.333 bits per heavy atom. The predicted octanol–water partition coefficient (Wildman–Crippen LogP) is -4.12. The molecule has 112 valence electrons. The van der Waals surface area contributed by atoms with Gasteiger partial charge >= 0.3 is 0 Å². The molecule has 8 N–H and O–H groups in total. The fourth-order valence-corrected chi connectivity index (χ4v) is 0. The maximum absolute atomic E-state index is 7.62. The Morgan fingerprint density at radius 2 is 0.333 bits per heavy atom. The monoisotopic (exact) mass is 344 g/mol. The summed E-state index contributed by atoms with van der Waals surface area (Å²) in [4.78, 5) is 0. The minimum atomic E-state index is -0.125. The second kappa shape index (κ2) is 63.9. The van der Waals surface area contributed by atoms with Gasteiger partial charge in [0.2, 0.25) is 0 Å². The quantitative estimate of drug-likeness (QED) is 0.239. The molecule has 0 bridgehead atoms. The summed E-state index contributed by atoms with van der Waals surface area (Å²) >= 11 is 0. The molecule has 0 amide bonds. The van der Waals surface area contributed by atoms with Gasteiger partial charge in [-0.2, -0.15) is 0 Å². The summed E-state index contributed by atoms with van der Waals surface area (Å²) in [7, 11) is 0. The zero-order valence-corrected chi connectivity index (χ0v) is 13.4. The molecule has 0 spiro atoms. The Kier molecular flexibility index (Phi) is 129. The first kappa shape index (κ1) is 36.5. The van der Waals surface area contributed by atoms with Crippen molar-refractivity contribution in [3.8, 4) is 0 Å². The van der Waals surface area contributed by atoms with Crippen LogP contribution in [0.2, 0.25) is 0 Å². The SMILES string of the molecule is OCCO.OCCO.OCCO.OCCO.[Ti].[Ti]. The van der Waals surface area contributed by atoms with E-state index in [-0.39, 0.29) is 96.3 Å². The fourth-order valence-electron chi connectivity index (χ4n) is 0. The van der Waals surface area contributed by atoms with E-state index in [9.17, 15) is 0 Å². The molecular weight excluding hydrogens is 320 g/mol. The van der Waals surface area contributed by atoms with Gasteiger partial charge in [0.1, 0.15) is 0 Å². The molecule has 0 fully saturated rings. The molecule has 0 aromatic rings. The number of hydrogen-bond acceptors (Lipinski definition) is 8. The third-order valence-electron chi connectivity index (χ3n) is 0.400. The van der Waals surface area contributed by atoms with Crippen LogP contribution in [0.5, 0.6) is 0 Å².